The van der Waals surface area contributed by atoms with Gasteiger partial charge in [-0.2, -0.15) is 0 Å². The number of piperazine rings is 1. The van der Waals surface area contributed by atoms with Gasteiger partial charge in [0.15, 0.2) is 0 Å². The maximum Gasteiger partial charge on any atom is 0.126 e. The lowest BCUT2D eigenvalue weighted by Gasteiger charge is -2.36. The fourth-order valence-corrected chi connectivity index (χ4v) is 2.17. The molecule has 0 atom stereocenters. The van der Waals surface area contributed by atoms with Crippen LogP contribution in [-0.2, 0) is 0 Å². The smallest absolute Gasteiger partial charge is 0.126 e. The first-order valence-corrected chi connectivity index (χ1v) is 5.74. The summed E-state index contributed by atoms with van der Waals surface area (Å²) in [5, 5.41) is 0. The van der Waals surface area contributed by atoms with Crippen LogP contribution in [0.5, 0.6) is 0 Å². The Hall–Kier alpha value is -1.03. The van der Waals surface area contributed by atoms with Gasteiger partial charge in [-0.3, -0.25) is 4.90 Å². The van der Waals surface area contributed by atoms with E-state index in [-0.39, 0.29) is 0 Å². The van der Waals surface area contributed by atoms with Gasteiger partial charge >= 0.3 is 0 Å². The van der Waals surface area contributed by atoms with Crippen LogP contribution >= 0.6 is 0 Å². The SMILES string of the molecule is C/C=C(\N=CN)N1CCN(C2CC2)CC1. The van der Waals surface area contributed by atoms with Crippen LogP contribution in [0.3, 0.4) is 0 Å². The van der Waals surface area contributed by atoms with E-state index in [9.17, 15) is 0 Å². The normalized spacial score (nSPS) is 25.1. The van der Waals surface area contributed by atoms with Crippen LogP contribution in [0.1, 0.15) is 19.8 Å². The molecule has 0 bridgehead atoms. The monoisotopic (exact) mass is 208 g/mol. The summed E-state index contributed by atoms with van der Waals surface area (Å²) in [6.07, 6.45) is 6.20. The number of allylic oxidation sites excluding steroid dienone is 1. The standard InChI is InChI=1S/C11H20N4/c1-2-11(13-9-12)15-7-5-14(6-8-15)10-3-4-10/h2,9-10H,3-8H2,1H3,(H2,12,13)/b11-2+. The molecule has 2 rings (SSSR count). The van der Waals surface area contributed by atoms with Gasteiger partial charge in [0.2, 0.25) is 0 Å². The third-order valence-electron chi connectivity index (χ3n) is 3.17. The minimum atomic E-state index is 0.888. The highest BCUT2D eigenvalue weighted by Crippen LogP contribution is 2.27. The van der Waals surface area contributed by atoms with E-state index < -0.39 is 0 Å². The third-order valence-corrected chi connectivity index (χ3v) is 3.17. The summed E-state index contributed by atoms with van der Waals surface area (Å²) in [5.41, 5.74) is 5.33. The van der Waals surface area contributed by atoms with E-state index in [1.807, 2.05) is 13.0 Å². The maximum absolute atomic E-state index is 5.33. The van der Waals surface area contributed by atoms with Crippen molar-refractivity contribution in [2.45, 2.75) is 25.8 Å². The molecule has 84 valence electrons. The van der Waals surface area contributed by atoms with Crippen LogP contribution in [0, 0.1) is 0 Å². The lowest BCUT2D eigenvalue weighted by Crippen LogP contribution is -2.46. The number of hydrogen-bond acceptors (Lipinski definition) is 3. The van der Waals surface area contributed by atoms with E-state index >= 15 is 0 Å². The van der Waals surface area contributed by atoms with Gasteiger partial charge in [0.25, 0.3) is 0 Å². The van der Waals surface area contributed by atoms with E-state index in [0.29, 0.717) is 0 Å². The summed E-state index contributed by atoms with van der Waals surface area (Å²) < 4.78 is 0. The molecule has 0 amide bonds. The lowest BCUT2D eigenvalue weighted by atomic mass is 10.3. The summed E-state index contributed by atoms with van der Waals surface area (Å²) in [7, 11) is 0. The summed E-state index contributed by atoms with van der Waals surface area (Å²) in [6, 6.07) is 0.888. The molecule has 0 aromatic carbocycles. The molecule has 1 aliphatic heterocycles. The van der Waals surface area contributed by atoms with E-state index in [0.717, 1.165) is 25.0 Å². The zero-order chi connectivity index (χ0) is 10.7. The molecule has 2 fully saturated rings. The van der Waals surface area contributed by atoms with Crippen LogP contribution < -0.4 is 5.73 Å². The van der Waals surface area contributed by atoms with Crippen molar-refractivity contribution in [1.29, 1.82) is 0 Å². The Balaban J connectivity index is 1.85. The molecular weight excluding hydrogens is 188 g/mol. The Morgan fingerprint density at radius 3 is 2.40 bits per heavy atom. The van der Waals surface area contributed by atoms with Crippen molar-refractivity contribution < 1.29 is 0 Å². The molecule has 15 heavy (non-hydrogen) atoms. The van der Waals surface area contributed by atoms with Gasteiger partial charge in [0, 0.05) is 32.2 Å². The van der Waals surface area contributed by atoms with Gasteiger partial charge in [0.05, 0.1) is 6.34 Å². The predicted octanol–water partition coefficient (Wildman–Crippen LogP) is 0.615. The number of nitrogens with zero attached hydrogens (tertiary/aromatic N) is 3. The second kappa shape index (κ2) is 4.66. The number of hydrogen-bond donors (Lipinski definition) is 1. The van der Waals surface area contributed by atoms with Crippen LogP contribution in [-0.4, -0.2) is 48.4 Å². The first-order chi connectivity index (χ1) is 7.35. The van der Waals surface area contributed by atoms with Crippen molar-refractivity contribution in [2.75, 3.05) is 26.2 Å². The highest BCUT2D eigenvalue weighted by atomic mass is 15.3. The van der Waals surface area contributed by atoms with Gasteiger partial charge < -0.3 is 10.6 Å². The quantitative estimate of drug-likeness (QED) is 0.546. The fourth-order valence-electron chi connectivity index (χ4n) is 2.17. The first-order valence-electron chi connectivity index (χ1n) is 5.74. The summed E-state index contributed by atoms with van der Waals surface area (Å²) in [6.45, 7) is 6.50. The van der Waals surface area contributed by atoms with Crippen molar-refractivity contribution in [3.8, 4) is 0 Å². The molecule has 2 aliphatic rings. The van der Waals surface area contributed by atoms with Crippen molar-refractivity contribution in [3.63, 3.8) is 0 Å². The molecule has 2 N–H and O–H groups in total. The molecule has 1 saturated heterocycles. The molecule has 0 aromatic rings. The van der Waals surface area contributed by atoms with Gasteiger partial charge in [-0.25, -0.2) is 4.99 Å². The maximum atomic E-state index is 5.33. The average Bonchev–Trinajstić information content (AvgIpc) is 3.10. The minimum Gasteiger partial charge on any atom is -0.390 e. The van der Waals surface area contributed by atoms with E-state index in [2.05, 4.69) is 14.8 Å². The molecule has 0 aromatic heterocycles. The molecule has 1 saturated carbocycles. The van der Waals surface area contributed by atoms with E-state index in [4.69, 9.17) is 5.73 Å². The molecule has 0 radical (unpaired) electrons. The Labute approximate surface area is 91.4 Å². The first kappa shape index (κ1) is 10.5. The molecule has 1 heterocycles. The highest BCUT2D eigenvalue weighted by molar-refractivity contribution is 5.53. The van der Waals surface area contributed by atoms with Crippen LogP contribution in [0.4, 0.5) is 0 Å². The topological polar surface area (TPSA) is 44.9 Å². The molecule has 4 nitrogen and oxygen atoms in total. The Morgan fingerprint density at radius 1 is 1.27 bits per heavy atom. The predicted molar refractivity (Wildman–Crippen MR) is 62.6 cm³/mol. The number of nitrogens with two attached hydrogens (primary N) is 1. The van der Waals surface area contributed by atoms with Gasteiger partial charge in [0.1, 0.15) is 5.82 Å². The average molecular weight is 208 g/mol. The van der Waals surface area contributed by atoms with Gasteiger partial charge in [-0.05, 0) is 25.8 Å². The number of aliphatic imine (C=N–C) groups is 1. The van der Waals surface area contributed by atoms with Crippen LogP contribution in [0.25, 0.3) is 0 Å². The summed E-state index contributed by atoms with van der Waals surface area (Å²) in [4.78, 5) is 9.07. The lowest BCUT2D eigenvalue weighted by molar-refractivity contribution is 0.151. The second-order valence-corrected chi connectivity index (χ2v) is 4.18. The Bertz CT molecular complexity index is 260. The zero-order valence-electron chi connectivity index (χ0n) is 9.39. The third kappa shape index (κ3) is 2.50. The van der Waals surface area contributed by atoms with Gasteiger partial charge in [-0.15, -0.1) is 0 Å². The van der Waals surface area contributed by atoms with Crippen LogP contribution in [0.15, 0.2) is 16.9 Å². The fraction of sp³-hybridized carbons (Fsp3) is 0.727. The molecule has 4 heteroatoms. The Morgan fingerprint density at radius 2 is 1.93 bits per heavy atom. The van der Waals surface area contributed by atoms with Gasteiger partial charge in [-0.1, -0.05) is 0 Å². The largest absolute Gasteiger partial charge is 0.390 e. The van der Waals surface area contributed by atoms with Crippen molar-refractivity contribution in [3.05, 3.63) is 11.9 Å². The second-order valence-electron chi connectivity index (χ2n) is 4.18. The summed E-state index contributed by atoms with van der Waals surface area (Å²) >= 11 is 0. The van der Waals surface area contributed by atoms with Crippen molar-refractivity contribution in [1.82, 2.24) is 9.80 Å². The van der Waals surface area contributed by atoms with Crippen LogP contribution in [0.2, 0.25) is 0 Å². The summed E-state index contributed by atoms with van der Waals surface area (Å²) in [5.74, 6) is 1.01. The molecule has 0 spiro atoms. The minimum absolute atomic E-state index is 0.888. The molecular formula is C11H20N4. The van der Waals surface area contributed by atoms with E-state index in [1.54, 1.807) is 0 Å². The Kier molecular flexibility index (Phi) is 3.26. The van der Waals surface area contributed by atoms with Crippen molar-refractivity contribution in [2.24, 2.45) is 10.7 Å². The highest BCUT2D eigenvalue weighted by Gasteiger charge is 2.31. The molecule has 1 aliphatic carbocycles. The molecule has 0 unspecified atom stereocenters. The van der Waals surface area contributed by atoms with E-state index in [1.165, 1.54) is 32.3 Å². The number of rotatable bonds is 3. The van der Waals surface area contributed by atoms with Crippen molar-refractivity contribution >= 4 is 6.34 Å². The zero-order valence-corrected chi connectivity index (χ0v) is 9.39.